The van der Waals surface area contributed by atoms with Crippen LogP contribution in [0.15, 0.2) is 60.9 Å². The average molecular weight is 740 g/mol. The number of hydrogen-bond acceptors (Lipinski definition) is 8. The second-order valence-electron chi connectivity index (χ2n) is 13.1. The highest BCUT2D eigenvalue weighted by atomic mass is 31.2. The summed E-state index contributed by atoms with van der Waals surface area (Å²) < 4.78 is 33.0. The lowest BCUT2D eigenvalue weighted by Crippen LogP contribution is -2.27. The van der Waals surface area contributed by atoms with Crippen LogP contribution in [0.25, 0.3) is 0 Å². The molecule has 296 valence electrons. The van der Waals surface area contributed by atoms with E-state index in [-0.39, 0.29) is 32.8 Å². The minimum absolute atomic E-state index is 0.00890. The SMILES string of the molecule is CCCCC/C=C\C[C@H](O)/C=C/C=C\C/C=C\CCCC(=O)O[C@H](CO/C=C/CCCCCCCCCCCCCC)COP(=O)(O)OCCN. The lowest BCUT2D eigenvalue weighted by molar-refractivity contribution is -0.153. The van der Waals surface area contributed by atoms with Crippen molar-refractivity contribution in [2.75, 3.05) is 26.4 Å². The minimum Gasteiger partial charge on any atom is -0.498 e. The van der Waals surface area contributed by atoms with E-state index in [4.69, 9.17) is 24.3 Å². The van der Waals surface area contributed by atoms with Gasteiger partial charge >= 0.3 is 13.8 Å². The first kappa shape index (κ1) is 49.0. The second-order valence-corrected chi connectivity index (χ2v) is 14.5. The molecule has 0 saturated carbocycles. The van der Waals surface area contributed by atoms with Crippen molar-refractivity contribution in [3.63, 3.8) is 0 Å². The van der Waals surface area contributed by atoms with Crippen molar-refractivity contribution in [1.29, 1.82) is 0 Å². The average Bonchev–Trinajstić information content (AvgIpc) is 3.11. The number of esters is 1. The molecule has 0 aliphatic heterocycles. The van der Waals surface area contributed by atoms with Crippen LogP contribution in [-0.4, -0.2) is 54.5 Å². The quantitative estimate of drug-likeness (QED) is 0.0142. The predicted molar refractivity (Wildman–Crippen MR) is 211 cm³/mol. The molecule has 0 spiro atoms. The number of allylic oxidation sites excluding steroid dienone is 7. The van der Waals surface area contributed by atoms with Gasteiger partial charge in [-0.3, -0.25) is 13.8 Å². The molecule has 9 nitrogen and oxygen atoms in total. The van der Waals surface area contributed by atoms with Gasteiger partial charge in [0.1, 0.15) is 6.61 Å². The molecule has 0 bridgehead atoms. The number of carbonyl (C=O) groups is 1. The van der Waals surface area contributed by atoms with E-state index in [1.54, 1.807) is 12.3 Å². The maximum atomic E-state index is 12.5. The van der Waals surface area contributed by atoms with Crippen LogP contribution in [0.2, 0.25) is 0 Å². The summed E-state index contributed by atoms with van der Waals surface area (Å²) in [6.07, 6.45) is 42.2. The Morgan fingerprint density at radius 2 is 1.29 bits per heavy atom. The summed E-state index contributed by atoms with van der Waals surface area (Å²) in [6, 6.07) is 0. The van der Waals surface area contributed by atoms with Gasteiger partial charge in [0.15, 0.2) is 6.10 Å². The van der Waals surface area contributed by atoms with Crippen LogP contribution >= 0.6 is 7.82 Å². The van der Waals surface area contributed by atoms with Crippen molar-refractivity contribution >= 4 is 13.8 Å². The van der Waals surface area contributed by atoms with Gasteiger partial charge in [-0.1, -0.05) is 146 Å². The third-order valence-electron chi connectivity index (χ3n) is 8.08. The Hall–Kier alpha value is -2.00. The molecule has 10 heteroatoms. The molecular formula is C41H74NO8P. The largest absolute Gasteiger partial charge is 0.498 e. The van der Waals surface area contributed by atoms with Gasteiger partial charge < -0.3 is 25.2 Å². The van der Waals surface area contributed by atoms with E-state index in [9.17, 15) is 19.4 Å². The van der Waals surface area contributed by atoms with E-state index in [1.165, 1.54) is 89.9 Å². The van der Waals surface area contributed by atoms with Gasteiger partial charge in [-0.05, 0) is 57.4 Å². The maximum Gasteiger partial charge on any atom is 0.472 e. The number of rotatable bonds is 37. The van der Waals surface area contributed by atoms with Gasteiger partial charge in [-0.15, -0.1) is 0 Å². The molecular weight excluding hydrogens is 665 g/mol. The number of hydrogen-bond donors (Lipinski definition) is 3. The summed E-state index contributed by atoms with van der Waals surface area (Å²) in [7, 11) is -4.32. The van der Waals surface area contributed by atoms with Gasteiger partial charge in [0.05, 0.1) is 25.6 Å². The highest BCUT2D eigenvalue weighted by Gasteiger charge is 2.25. The van der Waals surface area contributed by atoms with E-state index >= 15 is 0 Å². The number of phosphoric ester groups is 1. The summed E-state index contributed by atoms with van der Waals surface area (Å²) in [5.74, 6) is -0.434. The zero-order valence-electron chi connectivity index (χ0n) is 32.2. The summed E-state index contributed by atoms with van der Waals surface area (Å²) in [5, 5.41) is 10.0. The zero-order chi connectivity index (χ0) is 37.5. The summed E-state index contributed by atoms with van der Waals surface area (Å²) in [5.41, 5.74) is 5.34. The monoisotopic (exact) mass is 740 g/mol. The number of phosphoric acid groups is 1. The molecule has 0 aliphatic rings. The number of aliphatic hydroxyl groups excluding tert-OH is 1. The molecule has 0 fully saturated rings. The topological polar surface area (TPSA) is 138 Å². The molecule has 0 amide bonds. The van der Waals surface area contributed by atoms with Crippen LogP contribution in [0, 0.1) is 0 Å². The van der Waals surface area contributed by atoms with Crippen LogP contribution in [-0.2, 0) is 27.9 Å². The standard InChI is InChI=1S/C41H74NO8P/c1-3-5-7-9-11-12-13-14-15-16-19-22-26-30-35-47-37-40(38-49-51(45,46)48-36-34-42)50-41(44)33-29-25-21-18-17-20-24-28-32-39(43)31-27-23-10-8-6-4-2/h18,20-21,23-24,27-28,30,32,35,39-40,43H,3-17,19,22,25-26,29,31,33-34,36-38,42H2,1-2H3,(H,45,46)/b21-18-,24-20-,27-23-,32-28+,35-30+/t39-,40+/m0/s1. The third kappa shape index (κ3) is 37.6. The highest BCUT2D eigenvalue weighted by molar-refractivity contribution is 7.47. The molecule has 0 heterocycles. The van der Waals surface area contributed by atoms with E-state index in [2.05, 4.69) is 19.9 Å². The van der Waals surface area contributed by atoms with Crippen molar-refractivity contribution in [3.8, 4) is 0 Å². The highest BCUT2D eigenvalue weighted by Crippen LogP contribution is 2.43. The zero-order valence-corrected chi connectivity index (χ0v) is 33.1. The lowest BCUT2D eigenvalue weighted by atomic mass is 10.0. The van der Waals surface area contributed by atoms with Crippen molar-refractivity contribution < 1.29 is 37.9 Å². The van der Waals surface area contributed by atoms with Crippen LogP contribution in [0.1, 0.15) is 155 Å². The van der Waals surface area contributed by atoms with Gasteiger partial charge in [0, 0.05) is 13.0 Å². The van der Waals surface area contributed by atoms with E-state index < -0.39 is 26.0 Å². The first-order valence-corrected chi connectivity index (χ1v) is 21.4. The Balaban J connectivity index is 4.32. The summed E-state index contributed by atoms with van der Waals surface area (Å²) in [6.45, 7) is 4.04. The van der Waals surface area contributed by atoms with Gasteiger partial charge in [-0.2, -0.15) is 0 Å². The van der Waals surface area contributed by atoms with Gasteiger partial charge in [0.25, 0.3) is 0 Å². The lowest BCUT2D eigenvalue weighted by Gasteiger charge is -2.19. The fourth-order valence-corrected chi connectivity index (χ4v) is 5.86. The fraction of sp³-hybridized carbons (Fsp3) is 0.732. The van der Waals surface area contributed by atoms with Crippen molar-refractivity contribution in [2.24, 2.45) is 5.73 Å². The van der Waals surface area contributed by atoms with E-state index in [0.29, 0.717) is 19.3 Å². The van der Waals surface area contributed by atoms with Gasteiger partial charge in [0.2, 0.25) is 0 Å². The maximum absolute atomic E-state index is 12.5. The second kappa shape index (κ2) is 37.7. The first-order chi connectivity index (χ1) is 24.8. The Morgan fingerprint density at radius 1 is 0.706 bits per heavy atom. The molecule has 0 aromatic carbocycles. The Morgan fingerprint density at radius 3 is 1.98 bits per heavy atom. The third-order valence-corrected chi connectivity index (χ3v) is 9.07. The van der Waals surface area contributed by atoms with Crippen molar-refractivity contribution in [1.82, 2.24) is 0 Å². The van der Waals surface area contributed by atoms with Crippen LogP contribution in [0.4, 0.5) is 0 Å². The smallest absolute Gasteiger partial charge is 0.472 e. The van der Waals surface area contributed by atoms with Crippen LogP contribution in [0.5, 0.6) is 0 Å². The first-order valence-electron chi connectivity index (χ1n) is 19.9. The molecule has 3 atom stereocenters. The summed E-state index contributed by atoms with van der Waals surface area (Å²) in [4.78, 5) is 22.4. The molecule has 0 aromatic rings. The van der Waals surface area contributed by atoms with E-state index in [1.807, 2.05) is 42.5 Å². The number of nitrogens with two attached hydrogens (primary N) is 1. The molecule has 0 radical (unpaired) electrons. The normalized spacial score (nSPS) is 14.8. The van der Waals surface area contributed by atoms with E-state index in [0.717, 1.165) is 25.7 Å². The van der Waals surface area contributed by atoms with Crippen molar-refractivity contribution in [2.45, 2.75) is 167 Å². The Kier molecular flexibility index (Phi) is 36.3. The number of carbonyl (C=O) groups excluding carboxylic acids is 1. The number of aliphatic hydroxyl groups is 1. The molecule has 0 saturated heterocycles. The predicted octanol–water partition coefficient (Wildman–Crippen LogP) is 10.7. The molecule has 51 heavy (non-hydrogen) atoms. The number of ether oxygens (including phenoxy) is 2. The Labute approximate surface area is 311 Å². The van der Waals surface area contributed by atoms with Crippen LogP contribution in [0.3, 0.4) is 0 Å². The molecule has 4 N–H and O–H groups in total. The summed E-state index contributed by atoms with van der Waals surface area (Å²) >= 11 is 0. The molecule has 1 unspecified atom stereocenters. The van der Waals surface area contributed by atoms with Gasteiger partial charge in [-0.25, -0.2) is 4.57 Å². The molecule has 0 aliphatic carbocycles. The fourth-order valence-electron chi connectivity index (χ4n) is 5.10. The number of unbranched alkanes of at least 4 members (excludes halogenated alkanes) is 16. The van der Waals surface area contributed by atoms with Crippen LogP contribution < -0.4 is 5.73 Å². The van der Waals surface area contributed by atoms with Crippen molar-refractivity contribution in [3.05, 3.63) is 60.9 Å². The Bertz CT molecular complexity index is 981. The minimum atomic E-state index is -4.32. The molecule has 0 aromatic heterocycles. The molecule has 0 rings (SSSR count).